The number of methoxy groups -OCH3 is 1. The van der Waals surface area contributed by atoms with Crippen molar-refractivity contribution < 1.29 is 14.3 Å². The molecule has 0 bridgehead atoms. The van der Waals surface area contributed by atoms with Gasteiger partial charge in [0.1, 0.15) is 5.75 Å². The predicted molar refractivity (Wildman–Crippen MR) is 133 cm³/mol. The van der Waals surface area contributed by atoms with E-state index in [0.29, 0.717) is 0 Å². The number of hydrogen-bond acceptors (Lipinski definition) is 4. The molecule has 1 heterocycles. The van der Waals surface area contributed by atoms with Gasteiger partial charge in [-0.2, -0.15) is 0 Å². The van der Waals surface area contributed by atoms with Gasteiger partial charge in [0.2, 0.25) is 11.8 Å². The molecule has 3 aromatic rings. The van der Waals surface area contributed by atoms with Crippen LogP contribution in [0, 0.1) is 0 Å². The molecule has 0 fully saturated rings. The molecule has 7 heteroatoms. The van der Waals surface area contributed by atoms with Gasteiger partial charge in [-0.1, -0.05) is 26.0 Å². The fourth-order valence-electron chi connectivity index (χ4n) is 3.99. The topological polar surface area (TPSA) is 75.6 Å². The molecule has 2 aromatic carbocycles. The lowest BCUT2D eigenvalue weighted by Crippen LogP contribution is -2.29. The Morgan fingerprint density at radius 2 is 1.79 bits per heavy atom. The van der Waals surface area contributed by atoms with E-state index >= 15 is 0 Å². The van der Waals surface area contributed by atoms with Crippen LogP contribution in [0.15, 0.2) is 54.7 Å². The molecule has 1 atom stereocenters. The Balaban J connectivity index is 1.67. The van der Waals surface area contributed by atoms with Gasteiger partial charge in [-0.05, 0) is 55.1 Å². The maximum Gasteiger partial charge on any atom is 0.226 e. The van der Waals surface area contributed by atoms with Gasteiger partial charge in [-0.3, -0.25) is 9.59 Å². The highest BCUT2D eigenvalue weighted by Crippen LogP contribution is 2.23. The number of carbonyl (C=O) groups is 2. The molecule has 0 spiro atoms. The molecule has 33 heavy (non-hydrogen) atoms. The highest BCUT2D eigenvalue weighted by Gasteiger charge is 2.18. The van der Waals surface area contributed by atoms with E-state index in [1.54, 1.807) is 7.11 Å². The molecule has 0 aliphatic rings. The molecule has 1 aromatic heterocycles. The van der Waals surface area contributed by atoms with E-state index in [4.69, 9.17) is 4.74 Å². The number of nitrogens with one attached hydrogen (secondary N) is 2. The van der Waals surface area contributed by atoms with Crippen LogP contribution < -0.4 is 15.4 Å². The number of aromatic nitrogens is 1. The van der Waals surface area contributed by atoms with Gasteiger partial charge in [-0.15, -0.1) is 0 Å². The monoisotopic (exact) mass is 450 g/mol. The first-order chi connectivity index (χ1) is 15.9. The third-order valence-electron chi connectivity index (χ3n) is 5.89. The summed E-state index contributed by atoms with van der Waals surface area (Å²) in [7, 11) is 1.60. The first kappa shape index (κ1) is 24.3. The first-order valence-corrected chi connectivity index (χ1v) is 11.5. The van der Waals surface area contributed by atoms with Crippen molar-refractivity contribution in [3.8, 4) is 5.75 Å². The Bertz CT molecular complexity index is 1070. The third-order valence-corrected chi connectivity index (χ3v) is 5.89. The number of carbonyl (C=O) groups excluding carboxylic acids is 2. The summed E-state index contributed by atoms with van der Waals surface area (Å²) >= 11 is 0. The van der Waals surface area contributed by atoms with Crippen LogP contribution in [0.25, 0.3) is 10.9 Å². The number of hydrogen-bond donors (Lipinski definition) is 2. The maximum absolute atomic E-state index is 12.8. The number of anilines is 1. The van der Waals surface area contributed by atoms with Crippen molar-refractivity contribution in [3.05, 3.63) is 60.3 Å². The van der Waals surface area contributed by atoms with E-state index in [9.17, 15) is 9.59 Å². The molecule has 7 nitrogen and oxygen atoms in total. The number of ether oxygens (including phenoxy) is 1. The Morgan fingerprint density at radius 1 is 1.06 bits per heavy atom. The lowest BCUT2D eigenvalue weighted by Gasteiger charge is -2.19. The van der Waals surface area contributed by atoms with Crippen molar-refractivity contribution in [2.75, 3.05) is 32.1 Å². The predicted octanol–water partition coefficient (Wildman–Crippen LogP) is 4.20. The zero-order chi connectivity index (χ0) is 23.8. The first-order valence-electron chi connectivity index (χ1n) is 11.5. The molecule has 1 unspecified atom stereocenters. The van der Waals surface area contributed by atoms with E-state index in [1.165, 1.54) is 6.92 Å². The summed E-state index contributed by atoms with van der Waals surface area (Å²) in [6.45, 7) is 9.83. The highest BCUT2D eigenvalue weighted by atomic mass is 16.5. The van der Waals surface area contributed by atoms with E-state index in [2.05, 4.69) is 46.2 Å². The lowest BCUT2D eigenvalue weighted by atomic mass is 10.0. The van der Waals surface area contributed by atoms with Crippen LogP contribution in [0.3, 0.4) is 0 Å². The maximum atomic E-state index is 12.8. The lowest BCUT2D eigenvalue weighted by molar-refractivity contribution is -0.120. The van der Waals surface area contributed by atoms with Crippen LogP contribution in [0.4, 0.5) is 5.69 Å². The molecule has 3 rings (SSSR count). The molecule has 0 aliphatic carbocycles. The van der Waals surface area contributed by atoms with Crippen LogP contribution >= 0.6 is 0 Å². The molecule has 2 amide bonds. The van der Waals surface area contributed by atoms with Gasteiger partial charge < -0.3 is 24.8 Å². The quantitative estimate of drug-likeness (QED) is 0.459. The minimum Gasteiger partial charge on any atom is -0.497 e. The van der Waals surface area contributed by atoms with Crippen molar-refractivity contribution in [1.29, 1.82) is 0 Å². The molecule has 176 valence electrons. The smallest absolute Gasteiger partial charge is 0.226 e. The fourth-order valence-corrected chi connectivity index (χ4v) is 3.99. The molecule has 0 saturated carbocycles. The largest absolute Gasteiger partial charge is 0.497 e. The average Bonchev–Trinajstić information content (AvgIpc) is 3.21. The fraction of sp³-hybridized carbons (Fsp3) is 0.385. The molecular formula is C26H34N4O3. The molecule has 0 radical (unpaired) electrons. The summed E-state index contributed by atoms with van der Waals surface area (Å²) < 4.78 is 7.44. The van der Waals surface area contributed by atoms with E-state index in [1.807, 2.05) is 42.5 Å². The summed E-state index contributed by atoms with van der Waals surface area (Å²) in [5.41, 5.74) is 2.74. The second kappa shape index (κ2) is 11.5. The SMILES string of the molecule is CCN(CC)CCn1ccc2cc(NC(=O)CC(NC(C)=O)c3ccc(OC)cc3)ccc21. The van der Waals surface area contributed by atoms with Gasteiger partial charge in [0, 0.05) is 42.8 Å². The Labute approximate surface area is 195 Å². The van der Waals surface area contributed by atoms with Crippen molar-refractivity contribution in [2.24, 2.45) is 0 Å². The standard InChI is InChI=1S/C26H34N4O3/c1-5-29(6-2)15-16-30-14-13-21-17-22(9-12-25(21)30)28-26(32)18-24(27-19(3)31)20-7-10-23(33-4)11-8-20/h7-14,17,24H,5-6,15-16,18H2,1-4H3,(H,27,31)(H,28,32). The van der Waals surface area contributed by atoms with E-state index in [0.717, 1.165) is 54.1 Å². The van der Waals surface area contributed by atoms with Gasteiger partial charge in [0.15, 0.2) is 0 Å². The summed E-state index contributed by atoms with van der Waals surface area (Å²) in [5, 5.41) is 6.93. The minimum atomic E-state index is -0.418. The highest BCUT2D eigenvalue weighted by molar-refractivity contribution is 5.94. The average molecular weight is 451 g/mol. The van der Waals surface area contributed by atoms with Crippen LogP contribution in [-0.2, 0) is 16.1 Å². The van der Waals surface area contributed by atoms with Crippen LogP contribution in [0.2, 0.25) is 0 Å². The summed E-state index contributed by atoms with van der Waals surface area (Å²) in [6.07, 6.45) is 2.23. The number of amides is 2. The number of rotatable bonds is 11. The molecule has 0 aliphatic heterocycles. The van der Waals surface area contributed by atoms with Gasteiger partial charge in [0.05, 0.1) is 19.6 Å². The third kappa shape index (κ3) is 6.58. The van der Waals surface area contributed by atoms with Gasteiger partial charge >= 0.3 is 0 Å². The zero-order valence-electron chi connectivity index (χ0n) is 19.9. The summed E-state index contributed by atoms with van der Waals surface area (Å²) in [4.78, 5) is 26.9. The number of nitrogens with zero attached hydrogens (tertiary/aromatic N) is 2. The summed E-state index contributed by atoms with van der Waals surface area (Å²) in [5.74, 6) is 0.378. The zero-order valence-corrected chi connectivity index (χ0v) is 19.9. The van der Waals surface area contributed by atoms with E-state index in [-0.39, 0.29) is 18.2 Å². The van der Waals surface area contributed by atoms with Crippen molar-refractivity contribution >= 4 is 28.4 Å². The Kier molecular flexibility index (Phi) is 8.49. The van der Waals surface area contributed by atoms with Crippen molar-refractivity contribution in [1.82, 2.24) is 14.8 Å². The molecule has 2 N–H and O–H groups in total. The number of benzene rings is 2. The van der Waals surface area contributed by atoms with Crippen molar-refractivity contribution in [3.63, 3.8) is 0 Å². The van der Waals surface area contributed by atoms with Gasteiger partial charge in [0.25, 0.3) is 0 Å². The summed E-state index contributed by atoms with van der Waals surface area (Å²) in [6, 6.07) is 15.0. The second-order valence-electron chi connectivity index (χ2n) is 8.09. The Morgan fingerprint density at radius 3 is 2.42 bits per heavy atom. The number of likely N-dealkylation sites (N-methyl/N-ethyl adjacent to an activating group) is 1. The molecule has 0 saturated heterocycles. The normalized spacial score (nSPS) is 12.0. The van der Waals surface area contributed by atoms with Crippen LogP contribution in [-0.4, -0.2) is 48.0 Å². The number of fused-ring (bicyclic) bond motifs is 1. The van der Waals surface area contributed by atoms with Gasteiger partial charge in [-0.25, -0.2) is 0 Å². The second-order valence-corrected chi connectivity index (χ2v) is 8.09. The Hall–Kier alpha value is -3.32. The van der Waals surface area contributed by atoms with Crippen LogP contribution in [0.5, 0.6) is 5.75 Å². The van der Waals surface area contributed by atoms with Crippen molar-refractivity contribution in [2.45, 2.75) is 39.8 Å². The van der Waals surface area contributed by atoms with E-state index < -0.39 is 6.04 Å². The molecular weight excluding hydrogens is 416 g/mol. The van der Waals surface area contributed by atoms with Crippen LogP contribution in [0.1, 0.15) is 38.8 Å². The minimum absolute atomic E-state index is 0.134.